The second kappa shape index (κ2) is 5.42. The standard InChI is InChI=1S/C12H19N3O2/c1-15-8-9(6-14-15)3-4-12(16)11-5-10(17-2)7-13-11/h6,8,10-11,13H,3-5,7H2,1-2H3. The van der Waals surface area contributed by atoms with Crippen LogP contribution >= 0.6 is 0 Å². The molecular weight excluding hydrogens is 218 g/mol. The van der Waals surface area contributed by atoms with E-state index in [9.17, 15) is 4.79 Å². The summed E-state index contributed by atoms with van der Waals surface area (Å²) in [5.74, 6) is 0.272. The van der Waals surface area contributed by atoms with Gasteiger partial charge in [-0.2, -0.15) is 5.10 Å². The van der Waals surface area contributed by atoms with E-state index < -0.39 is 0 Å². The van der Waals surface area contributed by atoms with Crippen molar-refractivity contribution in [1.82, 2.24) is 15.1 Å². The van der Waals surface area contributed by atoms with Crippen LogP contribution in [-0.4, -0.2) is 41.4 Å². The number of nitrogens with one attached hydrogen (secondary N) is 1. The van der Waals surface area contributed by atoms with Crippen molar-refractivity contribution < 1.29 is 9.53 Å². The third kappa shape index (κ3) is 3.14. The highest BCUT2D eigenvalue weighted by molar-refractivity contribution is 5.84. The number of rotatable bonds is 5. The Morgan fingerprint density at radius 3 is 3.12 bits per heavy atom. The van der Waals surface area contributed by atoms with Crippen LogP contribution in [0.2, 0.25) is 0 Å². The molecular formula is C12H19N3O2. The van der Waals surface area contributed by atoms with Gasteiger partial charge in [0.15, 0.2) is 0 Å². The highest BCUT2D eigenvalue weighted by atomic mass is 16.5. The van der Waals surface area contributed by atoms with E-state index >= 15 is 0 Å². The highest BCUT2D eigenvalue weighted by Gasteiger charge is 2.28. The van der Waals surface area contributed by atoms with Crippen LogP contribution in [0.3, 0.4) is 0 Å². The first kappa shape index (κ1) is 12.3. The molecule has 1 N–H and O–H groups in total. The molecule has 2 atom stereocenters. The summed E-state index contributed by atoms with van der Waals surface area (Å²) in [4.78, 5) is 11.9. The van der Waals surface area contributed by atoms with Gasteiger partial charge in [0, 0.05) is 33.3 Å². The summed E-state index contributed by atoms with van der Waals surface area (Å²) in [5.41, 5.74) is 1.11. The number of ether oxygens (including phenoxy) is 1. The van der Waals surface area contributed by atoms with Crippen molar-refractivity contribution in [2.75, 3.05) is 13.7 Å². The number of aryl methyl sites for hydroxylation is 2. The maximum absolute atomic E-state index is 11.9. The van der Waals surface area contributed by atoms with E-state index in [0.717, 1.165) is 24.9 Å². The Morgan fingerprint density at radius 1 is 1.71 bits per heavy atom. The molecule has 0 aromatic carbocycles. The number of aromatic nitrogens is 2. The van der Waals surface area contributed by atoms with Crippen LogP contribution in [0.15, 0.2) is 12.4 Å². The molecule has 0 amide bonds. The molecule has 1 fully saturated rings. The van der Waals surface area contributed by atoms with Crippen molar-refractivity contribution in [2.24, 2.45) is 7.05 Å². The molecule has 5 nitrogen and oxygen atoms in total. The van der Waals surface area contributed by atoms with Gasteiger partial charge in [0.1, 0.15) is 5.78 Å². The predicted molar refractivity (Wildman–Crippen MR) is 63.7 cm³/mol. The van der Waals surface area contributed by atoms with Gasteiger partial charge >= 0.3 is 0 Å². The van der Waals surface area contributed by atoms with E-state index in [1.54, 1.807) is 11.8 Å². The molecule has 0 saturated carbocycles. The van der Waals surface area contributed by atoms with Gasteiger partial charge in [-0.05, 0) is 18.4 Å². The number of methoxy groups -OCH3 is 1. The van der Waals surface area contributed by atoms with Crippen LogP contribution in [0.5, 0.6) is 0 Å². The predicted octanol–water partition coefficient (Wildman–Crippen LogP) is 0.299. The smallest absolute Gasteiger partial charge is 0.150 e. The zero-order valence-electron chi connectivity index (χ0n) is 10.3. The van der Waals surface area contributed by atoms with Crippen molar-refractivity contribution in [2.45, 2.75) is 31.4 Å². The summed E-state index contributed by atoms with van der Waals surface area (Å²) in [7, 11) is 3.57. The van der Waals surface area contributed by atoms with E-state index in [1.807, 2.05) is 19.4 Å². The van der Waals surface area contributed by atoms with Crippen LogP contribution in [-0.2, 0) is 23.0 Å². The van der Waals surface area contributed by atoms with Gasteiger partial charge in [0.25, 0.3) is 0 Å². The molecule has 1 aliphatic rings. The first-order valence-electron chi connectivity index (χ1n) is 5.95. The lowest BCUT2D eigenvalue weighted by molar-refractivity contribution is -0.120. The SMILES string of the molecule is COC1CNC(C(=O)CCc2cnn(C)c2)C1. The minimum absolute atomic E-state index is 0.0309. The van der Waals surface area contributed by atoms with E-state index in [0.29, 0.717) is 6.42 Å². The number of nitrogens with zero attached hydrogens (tertiary/aromatic N) is 2. The van der Waals surface area contributed by atoms with Gasteiger partial charge in [-0.15, -0.1) is 0 Å². The summed E-state index contributed by atoms with van der Waals surface area (Å²) in [5, 5.41) is 7.29. The van der Waals surface area contributed by atoms with Gasteiger partial charge in [0.05, 0.1) is 18.3 Å². The molecule has 1 aromatic rings. The number of Topliss-reactive ketones (excluding diaryl/α,β-unsaturated/α-hetero) is 1. The van der Waals surface area contributed by atoms with Gasteiger partial charge in [-0.1, -0.05) is 0 Å². The second-order valence-electron chi connectivity index (χ2n) is 4.54. The number of ketones is 1. The van der Waals surface area contributed by atoms with Crippen LogP contribution in [0.4, 0.5) is 0 Å². The Labute approximate surface area is 101 Å². The lowest BCUT2D eigenvalue weighted by Crippen LogP contribution is -2.30. The third-order valence-electron chi connectivity index (χ3n) is 3.23. The summed E-state index contributed by atoms with van der Waals surface area (Å²) in [6.07, 6.45) is 6.08. The quantitative estimate of drug-likeness (QED) is 0.800. The molecule has 17 heavy (non-hydrogen) atoms. The maximum Gasteiger partial charge on any atom is 0.150 e. The minimum atomic E-state index is -0.0309. The molecule has 0 aliphatic carbocycles. The Morgan fingerprint density at radius 2 is 2.53 bits per heavy atom. The van der Waals surface area contributed by atoms with Crippen molar-refractivity contribution in [3.8, 4) is 0 Å². The van der Waals surface area contributed by atoms with Gasteiger partial charge in [0.2, 0.25) is 0 Å². The zero-order chi connectivity index (χ0) is 12.3. The highest BCUT2D eigenvalue weighted by Crippen LogP contribution is 2.13. The maximum atomic E-state index is 11.9. The van der Waals surface area contributed by atoms with Crippen molar-refractivity contribution in [1.29, 1.82) is 0 Å². The zero-order valence-corrected chi connectivity index (χ0v) is 10.3. The van der Waals surface area contributed by atoms with Crippen LogP contribution in [0, 0.1) is 0 Å². The number of hydrogen-bond acceptors (Lipinski definition) is 4. The Balaban J connectivity index is 1.78. The lowest BCUT2D eigenvalue weighted by Gasteiger charge is -2.08. The Bertz CT molecular complexity index is 389. The molecule has 1 aliphatic heterocycles. The largest absolute Gasteiger partial charge is 0.380 e. The average molecular weight is 237 g/mol. The van der Waals surface area contributed by atoms with Gasteiger partial charge in [-0.25, -0.2) is 0 Å². The molecule has 0 bridgehead atoms. The Hall–Kier alpha value is -1.20. The molecule has 2 heterocycles. The van der Waals surface area contributed by atoms with Crippen LogP contribution < -0.4 is 5.32 Å². The van der Waals surface area contributed by atoms with Gasteiger partial charge in [-0.3, -0.25) is 9.48 Å². The van der Waals surface area contributed by atoms with E-state index in [2.05, 4.69) is 10.4 Å². The first-order chi connectivity index (χ1) is 8.19. The molecule has 2 rings (SSSR count). The summed E-state index contributed by atoms with van der Waals surface area (Å²) < 4.78 is 6.99. The second-order valence-corrected chi connectivity index (χ2v) is 4.54. The van der Waals surface area contributed by atoms with E-state index in [4.69, 9.17) is 4.74 Å². The van der Waals surface area contributed by atoms with Crippen molar-refractivity contribution >= 4 is 5.78 Å². The fourth-order valence-corrected chi connectivity index (χ4v) is 2.17. The fourth-order valence-electron chi connectivity index (χ4n) is 2.17. The monoisotopic (exact) mass is 237 g/mol. The topological polar surface area (TPSA) is 56.1 Å². The fraction of sp³-hybridized carbons (Fsp3) is 0.667. The van der Waals surface area contributed by atoms with Crippen molar-refractivity contribution in [3.63, 3.8) is 0 Å². The van der Waals surface area contributed by atoms with Crippen LogP contribution in [0.25, 0.3) is 0 Å². The number of hydrogen-bond donors (Lipinski definition) is 1. The molecule has 94 valence electrons. The molecule has 1 aromatic heterocycles. The molecule has 1 saturated heterocycles. The minimum Gasteiger partial charge on any atom is -0.380 e. The average Bonchev–Trinajstić information content (AvgIpc) is 2.94. The summed E-state index contributed by atoms with van der Waals surface area (Å²) in [6.45, 7) is 0.778. The normalized spacial score (nSPS) is 24.1. The third-order valence-corrected chi connectivity index (χ3v) is 3.23. The number of carbonyl (C=O) groups is 1. The number of carbonyl (C=O) groups excluding carboxylic acids is 1. The molecule has 2 unspecified atom stereocenters. The summed E-state index contributed by atoms with van der Waals surface area (Å²) in [6, 6.07) is -0.0309. The van der Waals surface area contributed by atoms with E-state index in [1.165, 1.54) is 0 Å². The van der Waals surface area contributed by atoms with Crippen molar-refractivity contribution in [3.05, 3.63) is 18.0 Å². The molecule has 0 spiro atoms. The molecule has 0 radical (unpaired) electrons. The van der Waals surface area contributed by atoms with E-state index in [-0.39, 0.29) is 17.9 Å². The molecule has 5 heteroatoms. The lowest BCUT2D eigenvalue weighted by atomic mass is 10.0. The Kier molecular flexibility index (Phi) is 3.91. The first-order valence-corrected chi connectivity index (χ1v) is 5.95. The summed E-state index contributed by atoms with van der Waals surface area (Å²) >= 11 is 0. The van der Waals surface area contributed by atoms with Crippen LogP contribution in [0.1, 0.15) is 18.4 Å². The van der Waals surface area contributed by atoms with Gasteiger partial charge < -0.3 is 10.1 Å².